The van der Waals surface area contributed by atoms with Crippen LogP contribution in [-0.2, 0) is 9.53 Å². The van der Waals surface area contributed by atoms with Crippen molar-refractivity contribution in [2.75, 3.05) is 26.5 Å². The van der Waals surface area contributed by atoms with Crippen molar-refractivity contribution in [2.24, 2.45) is 0 Å². The molecule has 0 radical (unpaired) electrons. The number of esters is 1. The fourth-order valence-electron chi connectivity index (χ4n) is 1.76. The summed E-state index contributed by atoms with van der Waals surface area (Å²) < 4.78 is 15.2. The van der Waals surface area contributed by atoms with Crippen molar-refractivity contribution >= 4 is 5.97 Å². The molecule has 0 aromatic heterocycles. The Labute approximate surface area is 111 Å². The van der Waals surface area contributed by atoms with E-state index in [1.807, 2.05) is 0 Å². The van der Waals surface area contributed by atoms with E-state index in [0.29, 0.717) is 23.7 Å². The number of rotatable bonds is 6. The van der Waals surface area contributed by atoms with E-state index >= 15 is 0 Å². The maximum Gasteiger partial charge on any atom is 0.319 e. The Morgan fingerprint density at radius 3 is 3.05 bits per heavy atom. The molecule has 19 heavy (non-hydrogen) atoms. The van der Waals surface area contributed by atoms with Gasteiger partial charge < -0.3 is 24.6 Å². The zero-order valence-electron chi connectivity index (χ0n) is 10.7. The first-order valence-corrected chi connectivity index (χ1v) is 6.14. The summed E-state index contributed by atoms with van der Waals surface area (Å²) in [5.41, 5.74) is 0.709. The van der Waals surface area contributed by atoms with Gasteiger partial charge in [0.2, 0.25) is 6.79 Å². The van der Waals surface area contributed by atoms with Crippen LogP contribution in [0.4, 0.5) is 0 Å². The highest BCUT2D eigenvalue weighted by molar-refractivity contribution is 5.71. The third kappa shape index (κ3) is 3.59. The van der Waals surface area contributed by atoms with E-state index in [9.17, 15) is 9.90 Å². The summed E-state index contributed by atoms with van der Waals surface area (Å²) in [6, 6.07) is 5.26. The topological polar surface area (TPSA) is 77.0 Å². The van der Waals surface area contributed by atoms with Crippen LogP contribution in [0.25, 0.3) is 0 Å². The minimum absolute atomic E-state index is 0.0788. The molecule has 2 rings (SSSR count). The fourth-order valence-corrected chi connectivity index (χ4v) is 1.76. The maximum atomic E-state index is 11.1. The van der Waals surface area contributed by atoms with Gasteiger partial charge in [-0.05, 0) is 24.6 Å². The van der Waals surface area contributed by atoms with E-state index in [2.05, 4.69) is 5.32 Å². The summed E-state index contributed by atoms with van der Waals surface area (Å²) in [6.45, 7) is 2.65. The first-order chi connectivity index (χ1) is 9.20. The second kappa shape index (κ2) is 6.40. The minimum atomic E-state index is -0.719. The summed E-state index contributed by atoms with van der Waals surface area (Å²) in [5, 5.41) is 12.8. The molecule has 0 saturated heterocycles. The van der Waals surface area contributed by atoms with Gasteiger partial charge >= 0.3 is 5.97 Å². The van der Waals surface area contributed by atoms with Crippen molar-refractivity contribution in [3.63, 3.8) is 0 Å². The number of hydrogen-bond acceptors (Lipinski definition) is 6. The lowest BCUT2D eigenvalue weighted by atomic mass is 10.1. The lowest BCUT2D eigenvalue weighted by molar-refractivity contribution is -0.142. The van der Waals surface area contributed by atoms with Crippen molar-refractivity contribution < 1.29 is 24.1 Å². The van der Waals surface area contributed by atoms with Crippen LogP contribution in [0.5, 0.6) is 11.5 Å². The van der Waals surface area contributed by atoms with Crippen molar-refractivity contribution in [3.05, 3.63) is 23.8 Å². The summed E-state index contributed by atoms with van der Waals surface area (Å²) in [7, 11) is 0. The van der Waals surface area contributed by atoms with Gasteiger partial charge in [0.15, 0.2) is 11.5 Å². The molecule has 0 aliphatic carbocycles. The van der Waals surface area contributed by atoms with E-state index in [4.69, 9.17) is 14.2 Å². The standard InChI is InChI=1S/C13H17NO5/c1-2-17-13(16)7-14-6-10(15)9-3-4-11-12(5-9)19-8-18-11/h3-5,10,14-15H,2,6-8H2,1H3. The predicted molar refractivity (Wildman–Crippen MR) is 67.0 cm³/mol. The van der Waals surface area contributed by atoms with Crippen LogP contribution < -0.4 is 14.8 Å². The Morgan fingerprint density at radius 1 is 1.47 bits per heavy atom. The predicted octanol–water partition coefficient (Wildman–Crippen LogP) is 0.601. The number of benzene rings is 1. The van der Waals surface area contributed by atoms with E-state index in [1.165, 1.54) is 0 Å². The number of carbonyl (C=O) groups excluding carboxylic acids is 1. The third-order valence-corrected chi connectivity index (χ3v) is 2.69. The molecule has 1 aliphatic rings. The molecule has 1 aliphatic heterocycles. The molecule has 6 nitrogen and oxygen atoms in total. The average Bonchev–Trinajstić information content (AvgIpc) is 2.86. The lowest BCUT2D eigenvalue weighted by Crippen LogP contribution is -2.28. The third-order valence-electron chi connectivity index (χ3n) is 2.69. The second-order valence-electron chi connectivity index (χ2n) is 4.06. The van der Waals surface area contributed by atoms with Crippen LogP contribution in [-0.4, -0.2) is 37.6 Å². The number of ether oxygens (including phenoxy) is 3. The highest BCUT2D eigenvalue weighted by Crippen LogP contribution is 2.33. The Hall–Kier alpha value is -1.79. The highest BCUT2D eigenvalue weighted by atomic mass is 16.7. The Bertz CT molecular complexity index is 449. The molecule has 1 aromatic rings. The second-order valence-corrected chi connectivity index (χ2v) is 4.06. The molecule has 104 valence electrons. The first-order valence-electron chi connectivity index (χ1n) is 6.14. The summed E-state index contributed by atoms with van der Waals surface area (Å²) in [5.74, 6) is 0.970. The average molecular weight is 267 g/mol. The normalized spacial score (nSPS) is 14.2. The molecule has 0 saturated carbocycles. The summed E-state index contributed by atoms with van der Waals surface area (Å²) in [6.07, 6.45) is -0.719. The highest BCUT2D eigenvalue weighted by Gasteiger charge is 2.16. The largest absolute Gasteiger partial charge is 0.465 e. The zero-order valence-corrected chi connectivity index (χ0v) is 10.7. The van der Waals surface area contributed by atoms with Gasteiger partial charge in [0.05, 0.1) is 19.3 Å². The number of carbonyl (C=O) groups is 1. The molecule has 1 unspecified atom stereocenters. The monoisotopic (exact) mass is 267 g/mol. The van der Waals surface area contributed by atoms with Gasteiger partial charge in [0.25, 0.3) is 0 Å². The van der Waals surface area contributed by atoms with Crippen LogP contribution in [0.3, 0.4) is 0 Å². The van der Waals surface area contributed by atoms with Crippen LogP contribution in [0.1, 0.15) is 18.6 Å². The van der Waals surface area contributed by atoms with E-state index in [-0.39, 0.29) is 25.9 Å². The molecule has 0 amide bonds. The first kappa shape index (κ1) is 13.6. The van der Waals surface area contributed by atoms with Gasteiger partial charge in [0.1, 0.15) is 0 Å². The van der Waals surface area contributed by atoms with Gasteiger partial charge in [-0.15, -0.1) is 0 Å². The minimum Gasteiger partial charge on any atom is -0.465 e. The number of aliphatic hydroxyl groups is 1. The smallest absolute Gasteiger partial charge is 0.319 e. The van der Waals surface area contributed by atoms with E-state index in [0.717, 1.165) is 0 Å². The Kier molecular flexibility index (Phi) is 4.59. The molecule has 0 bridgehead atoms. The molecular weight excluding hydrogens is 250 g/mol. The zero-order chi connectivity index (χ0) is 13.7. The summed E-state index contributed by atoms with van der Waals surface area (Å²) >= 11 is 0. The maximum absolute atomic E-state index is 11.1. The van der Waals surface area contributed by atoms with E-state index < -0.39 is 6.10 Å². The molecule has 6 heteroatoms. The number of nitrogens with one attached hydrogen (secondary N) is 1. The van der Waals surface area contributed by atoms with Crippen LogP contribution in [0, 0.1) is 0 Å². The van der Waals surface area contributed by atoms with Gasteiger partial charge in [-0.1, -0.05) is 6.07 Å². The van der Waals surface area contributed by atoms with Crippen LogP contribution >= 0.6 is 0 Å². The van der Waals surface area contributed by atoms with Crippen molar-refractivity contribution in [3.8, 4) is 11.5 Å². The van der Waals surface area contributed by atoms with Gasteiger partial charge in [-0.2, -0.15) is 0 Å². The van der Waals surface area contributed by atoms with Crippen LogP contribution in [0.15, 0.2) is 18.2 Å². The Morgan fingerprint density at radius 2 is 2.26 bits per heavy atom. The molecule has 1 heterocycles. The SMILES string of the molecule is CCOC(=O)CNCC(O)c1ccc2c(c1)OCO2. The van der Waals surface area contributed by atoms with Gasteiger partial charge in [0, 0.05) is 6.54 Å². The van der Waals surface area contributed by atoms with Crippen LogP contribution in [0.2, 0.25) is 0 Å². The number of hydrogen-bond donors (Lipinski definition) is 2. The molecule has 0 fully saturated rings. The van der Waals surface area contributed by atoms with E-state index in [1.54, 1.807) is 25.1 Å². The molecule has 1 atom stereocenters. The molecule has 0 spiro atoms. The Balaban J connectivity index is 1.83. The van der Waals surface area contributed by atoms with Crippen molar-refractivity contribution in [2.45, 2.75) is 13.0 Å². The van der Waals surface area contributed by atoms with Gasteiger partial charge in [-0.3, -0.25) is 4.79 Å². The molecule has 2 N–H and O–H groups in total. The quantitative estimate of drug-likeness (QED) is 0.735. The number of aliphatic hydroxyl groups excluding tert-OH is 1. The fraction of sp³-hybridized carbons (Fsp3) is 0.462. The van der Waals surface area contributed by atoms with Crippen molar-refractivity contribution in [1.82, 2.24) is 5.32 Å². The summed E-state index contributed by atoms with van der Waals surface area (Å²) in [4.78, 5) is 11.1. The van der Waals surface area contributed by atoms with Crippen molar-refractivity contribution in [1.29, 1.82) is 0 Å². The molecule has 1 aromatic carbocycles. The number of fused-ring (bicyclic) bond motifs is 1. The molecular formula is C13H17NO5. The lowest BCUT2D eigenvalue weighted by Gasteiger charge is -2.12. The van der Waals surface area contributed by atoms with Gasteiger partial charge in [-0.25, -0.2) is 0 Å².